The van der Waals surface area contributed by atoms with Gasteiger partial charge in [-0.05, 0) is 42.2 Å². The van der Waals surface area contributed by atoms with E-state index in [0.717, 1.165) is 11.1 Å². The maximum absolute atomic E-state index is 12.2. The van der Waals surface area contributed by atoms with Crippen LogP contribution in [0.25, 0.3) is 0 Å². The second-order valence-corrected chi connectivity index (χ2v) is 7.03. The summed E-state index contributed by atoms with van der Waals surface area (Å²) in [5, 5.41) is 0. The summed E-state index contributed by atoms with van der Waals surface area (Å²) in [6.45, 7) is 3.75. The van der Waals surface area contributed by atoms with Crippen LogP contribution < -0.4 is 10.5 Å². The number of rotatable bonds is 5. The Morgan fingerprint density at radius 2 is 1.81 bits per heavy atom. The van der Waals surface area contributed by atoms with Gasteiger partial charge in [0.05, 0.1) is 5.75 Å². The first-order valence-corrected chi connectivity index (χ1v) is 8.44. The Kier molecular flexibility index (Phi) is 4.53. The molecule has 0 heterocycles. The fraction of sp³-hybridized carbons (Fsp3) is 0.250. The van der Waals surface area contributed by atoms with Gasteiger partial charge >= 0.3 is 0 Å². The lowest BCUT2D eigenvalue weighted by atomic mass is 10.0. The molecule has 0 saturated heterocycles. The first-order valence-electron chi connectivity index (χ1n) is 6.79. The van der Waals surface area contributed by atoms with Crippen LogP contribution in [0.1, 0.15) is 24.0 Å². The van der Waals surface area contributed by atoms with Crippen LogP contribution in [0, 0.1) is 6.92 Å². The van der Waals surface area contributed by atoms with Crippen molar-refractivity contribution in [3.05, 3.63) is 59.7 Å². The number of nitrogens with one attached hydrogen (secondary N) is 1. The van der Waals surface area contributed by atoms with Gasteiger partial charge in [0, 0.05) is 11.4 Å². The first-order chi connectivity index (χ1) is 9.87. The molecule has 0 spiro atoms. The van der Waals surface area contributed by atoms with Crippen molar-refractivity contribution in [2.24, 2.45) is 0 Å². The Hall–Kier alpha value is -2.01. The molecule has 5 heteroatoms. The summed E-state index contributed by atoms with van der Waals surface area (Å²) >= 11 is 0. The molecular weight excluding hydrogens is 284 g/mol. The van der Waals surface area contributed by atoms with Gasteiger partial charge in [-0.3, -0.25) is 4.72 Å². The van der Waals surface area contributed by atoms with Crippen LogP contribution in [0.4, 0.5) is 11.4 Å². The summed E-state index contributed by atoms with van der Waals surface area (Å²) in [7, 11) is -3.40. The standard InChI is InChI=1S/C16H20N2O2S/c1-12-10-15(8-9-16(12)17)18-21(19,20)11-13(2)14-6-4-3-5-7-14/h3-10,13,18H,11,17H2,1-2H3. The van der Waals surface area contributed by atoms with Gasteiger partial charge in [0.25, 0.3) is 0 Å². The van der Waals surface area contributed by atoms with E-state index >= 15 is 0 Å². The molecule has 2 aromatic rings. The molecule has 0 aliphatic carbocycles. The zero-order valence-electron chi connectivity index (χ0n) is 12.2. The molecule has 0 aliphatic rings. The molecule has 21 heavy (non-hydrogen) atoms. The van der Waals surface area contributed by atoms with Crippen LogP contribution in [-0.4, -0.2) is 14.2 Å². The van der Waals surface area contributed by atoms with E-state index in [0.29, 0.717) is 11.4 Å². The summed E-state index contributed by atoms with van der Waals surface area (Å²) in [4.78, 5) is 0. The van der Waals surface area contributed by atoms with E-state index in [9.17, 15) is 8.42 Å². The SMILES string of the molecule is Cc1cc(NS(=O)(=O)CC(C)c2ccccc2)ccc1N. The van der Waals surface area contributed by atoms with E-state index in [2.05, 4.69) is 4.72 Å². The molecule has 112 valence electrons. The quantitative estimate of drug-likeness (QED) is 0.834. The van der Waals surface area contributed by atoms with Gasteiger partial charge in [0.2, 0.25) is 10.0 Å². The minimum Gasteiger partial charge on any atom is -0.399 e. The smallest absolute Gasteiger partial charge is 0.233 e. The molecule has 1 unspecified atom stereocenters. The van der Waals surface area contributed by atoms with Crippen LogP contribution in [0.3, 0.4) is 0 Å². The second-order valence-electron chi connectivity index (χ2n) is 5.27. The van der Waals surface area contributed by atoms with Crippen molar-refractivity contribution in [1.82, 2.24) is 0 Å². The Balaban J connectivity index is 2.10. The third kappa shape index (κ3) is 4.23. The molecule has 4 nitrogen and oxygen atoms in total. The van der Waals surface area contributed by atoms with Crippen molar-refractivity contribution in [3.8, 4) is 0 Å². The summed E-state index contributed by atoms with van der Waals surface area (Å²) in [5.41, 5.74) is 8.79. The van der Waals surface area contributed by atoms with Crippen LogP contribution >= 0.6 is 0 Å². The summed E-state index contributed by atoms with van der Waals surface area (Å²) < 4.78 is 27.1. The number of anilines is 2. The zero-order chi connectivity index (χ0) is 15.5. The number of nitrogens with two attached hydrogens (primary N) is 1. The number of nitrogen functional groups attached to an aromatic ring is 1. The highest BCUT2D eigenvalue weighted by Gasteiger charge is 2.17. The summed E-state index contributed by atoms with van der Waals surface area (Å²) in [5.74, 6) is -0.0287. The van der Waals surface area contributed by atoms with Crippen molar-refractivity contribution >= 4 is 21.4 Å². The predicted octanol–water partition coefficient (Wildman–Crippen LogP) is 3.12. The number of hydrogen-bond donors (Lipinski definition) is 2. The Morgan fingerprint density at radius 1 is 1.14 bits per heavy atom. The maximum Gasteiger partial charge on any atom is 0.233 e. The molecule has 2 rings (SSSR count). The van der Waals surface area contributed by atoms with E-state index in [1.807, 2.05) is 44.2 Å². The third-order valence-corrected chi connectivity index (χ3v) is 4.87. The largest absolute Gasteiger partial charge is 0.399 e. The molecule has 3 N–H and O–H groups in total. The fourth-order valence-corrected chi connectivity index (χ4v) is 3.59. The van der Waals surface area contributed by atoms with Gasteiger partial charge < -0.3 is 5.73 Å². The van der Waals surface area contributed by atoms with Gasteiger partial charge in [0.1, 0.15) is 0 Å². The molecule has 0 aromatic heterocycles. The van der Waals surface area contributed by atoms with Crippen LogP contribution in [0.15, 0.2) is 48.5 Å². The lowest BCUT2D eigenvalue weighted by Gasteiger charge is -2.14. The van der Waals surface area contributed by atoms with E-state index in [1.54, 1.807) is 18.2 Å². The number of sulfonamides is 1. The van der Waals surface area contributed by atoms with E-state index in [-0.39, 0.29) is 11.7 Å². The molecule has 0 radical (unpaired) electrons. The third-order valence-electron chi connectivity index (χ3n) is 3.38. The molecular formula is C16H20N2O2S. The molecule has 0 fully saturated rings. The molecule has 1 atom stereocenters. The summed E-state index contributed by atoms with van der Waals surface area (Å²) in [6, 6.07) is 14.7. The summed E-state index contributed by atoms with van der Waals surface area (Å²) in [6.07, 6.45) is 0. The highest BCUT2D eigenvalue weighted by atomic mass is 32.2. The van der Waals surface area contributed by atoms with Gasteiger partial charge in [0.15, 0.2) is 0 Å². The van der Waals surface area contributed by atoms with Crippen LogP contribution in [0.5, 0.6) is 0 Å². The molecule has 2 aromatic carbocycles. The first kappa shape index (κ1) is 15.4. The van der Waals surface area contributed by atoms with Crippen molar-refractivity contribution in [1.29, 1.82) is 0 Å². The van der Waals surface area contributed by atoms with Crippen molar-refractivity contribution in [3.63, 3.8) is 0 Å². The monoisotopic (exact) mass is 304 g/mol. The minimum absolute atomic E-state index is 0.0421. The number of hydrogen-bond acceptors (Lipinski definition) is 3. The van der Waals surface area contributed by atoms with Gasteiger partial charge in [-0.15, -0.1) is 0 Å². The minimum atomic E-state index is -3.40. The molecule has 0 amide bonds. The maximum atomic E-state index is 12.2. The van der Waals surface area contributed by atoms with Crippen LogP contribution in [-0.2, 0) is 10.0 Å². The molecule has 0 saturated carbocycles. The lowest BCUT2D eigenvalue weighted by Crippen LogP contribution is -2.20. The Bertz CT molecular complexity index is 712. The normalized spacial score (nSPS) is 12.9. The average molecular weight is 304 g/mol. The molecule has 0 bridgehead atoms. The highest BCUT2D eigenvalue weighted by molar-refractivity contribution is 7.92. The second kappa shape index (κ2) is 6.18. The highest BCUT2D eigenvalue weighted by Crippen LogP contribution is 2.21. The zero-order valence-corrected chi connectivity index (χ0v) is 13.0. The van der Waals surface area contributed by atoms with Gasteiger partial charge in [-0.1, -0.05) is 37.3 Å². The predicted molar refractivity (Wildman–Crippen MR) is 87.9 cm³/mol. The lowest BCUT2D eigenvalue weighted by molar-refractivity contribution is 0.595. The van der Waals surface area contributed by atoms with E-state index in [1.165, 1.54) is 0 Å². The Labute approximate surface area is 126 Å². The van der Waals surface area contributed by atoms with Crippen molar-refractivity contribution in [2.45, 2.75) is 19.8 Å². The van der Waals surface area contributed by atoms with Crippen molar-refractivity contribution in [2.75, 3.05) is 16.2 Å². The average Bonchev–Trinajstić information content (AvgIpc) is 2.43. The van der Waals surface area contributed by atoms with E-state index < -0.39 is 10.0 Å². The van der Waals surface area contributed by atoms with Gasteiger partial charge in [-0.25, -0.2) is 8.42 Å². The van der Waals surface area contributed by atoms with E-state index in [4.69, 9.17) is 5.73 Å². The van der Waals surface area contributed by atoms with Crippen molar-refractivity contribution < 1.29 is 8.42 Å². The molecule has 0 aliphatic heterocycles. The van der Waals surface area contributed by atoms with Crippen LogP contribution in [0.2, 0.25) is 0 Å². The fourth-order valence-electron chi connectivity index (χ4n) is 2.17. The number of aryl methyl sites for hydroxylation is 1. The Morgan fingerprint density at radius 3 is 2.43 bits per heavy atom. The number of benzene rings is 2. The van der Waals surface area contributed by atoms with Gasteiger partial charge in [-0.2, -0.15) is 0 Å². The topological polar surface area (TPSA) is 72.2 Å².